The van der Waals surface area contributed by atoms with E-state index in [1.165, 1.54) is 4.88 Å². The molecule has 0 aliphatic carbocycles. The number of aromatic nitrogens is 1. The van der Waals surface area contributed by atoms with Crippen LogP contribution in [0.15, 0.2) is 22.9 Å². The lowest BCUT2D eigenvalue weighted by atomic mass is 10.2. The summed E-state index contributed by atoms with van der Waals surface area (Å²) in [7, 11) is 0. The summed E-state index contributed by atoms with van der Waals surface area (Å²) in [5.74, 6) is 0.182. The molecule has 1 N–H and O–H groups in total. The zero-order valence-corrected chi connectivity index (χ0v) is 15.4. The van der Waals surface area contributed by atoms with E-state index in [2.05, 4.69) is 23.3 Å². The van der Waals surface area contributed by atoms with Crippen molar-refractivity contribution in [3.05, 3.63) is 28.6 Å². The lowest BCUT2D eigenvalue weighted by molar-refractivity contribution is -0.131. The van der Waals surface area contributed by atoms with Crippen LogP contribution in [0, 0.1) is 0 Å². The predicted octanol–water partition coefficient (Wildman–Crippen LogP) is 3.08. The van der Waals surface area contributed by atoms with Gasteiger partial charge in [0.15, 0.2) is 0 Å². The van der Waals surface area contributed by atoms with Gasteiger partial charge in [-0.2, -0.15) is 0 Å². The molecule has 1 aliphatic heterocycles. The smallest absolute Gasteiger partial charge is 0.228 e. The van der Waals surface area contributed by atoms with Crippen molar-refractivity contribution < 1.29 is 4.79 Å². The Morgan fingerprint density at radius 3 is 2.95 bits per heavy atom. The Balaban J connectivity index is 0.00000121. The molecule has 1 aliphatic rings. The number of nitrogens with zero attached hydrogens (tertiary/aromatic N) is 2. The van der Waals surface area contributed by atoms with Gasteiger partial charge in [-0.05, 0) is 18.4 Å². The largest absolute Gasteiger partial charge is 0.340 e. The average Bonchev–Trinajstić information content (AvgIpc) is 3.08. The number of amides is 1. The number of carbonyl (C=O) groups is 1. The van der Waals surface area contributed by atoms with Crippen LogP contribution in [0.25, 0.3) is 9.88 Å². The van der Waals surface area contributed by atoms with Crippen molar-refractivity contribution in [1.82, 2.24) is 15.2 Å². The van der Waals surface area contributed by atoms with Crippen molar-refractivity contribution in [2.45, 2.75) is 19.4 Å². The molecule has 0 aromatic carbocycles. The molecule has 0 radical (unpaired) electrons. The van der Waals surface area contributed by atoms with Crippen molar-refractivity contribution in [3.8, 4) is 9.88 Å². The molecule has 22 heavy (non-hydrogen) atoms. The summed E-state index contributed by atoms with van der Waals surface area (Å²) in [5.41, 5.74) is 0.884. The molecule has 0 saturated carbocycles. The Morgan fingerprint density at radius 2 is 2.27 bits per heavy atom. The molecule has 1 unspecified atom stereocenters. The summed E-state index contributed by atoms with van der Waals surface area (Å²) in [6, 6.07) is 4.46. The summed E-state index contributed by atoms with van der Waals surface area (Å²) in [4.78, 5) is 20.0. The average molecular weight is 380 g/mol. The van der Waals surface area contributed by atoms with Crippen LogP contribution in [-0.2, 0) is 11.2 Å². The van der Waals surface area contributed by atoms with Crippen LogP contribution in [0.2, 0.25) is 0 Å². The lowest BCUT2D eigenvalue weighted by Crippen LogP contribution is -2.51. The minimum absolute atomic E-state index is 0. The van der Waals surface area contributed by atoms with E-state index >= 15 is 0 Å². The highest BCUT2D eigenvalue weighted by molar-refractivity contribution is 7.20. The maximum absolute atomic E-state index is 12.3. The van der Waals surface area contributed by atoms with Gasteiger partial charge in [0.1, 0.15) is 5.01 Å². The quantitative estimate of drug-likeness (QED) is 0.890. The minimum atomic E-state index is 0. The van der Waals surface area contributed by atoms with E-state index in [0.29, 0.717) is 12.5 Å². The molecule has 4 nitrogen and oxygen atoms in total. The van der Waals surface area contributed by atoms with E-state index < -0.39 is 0 Å². The molecule has 1 atom stereocenters. The summed E-state index contributed by atoms with van der Waals surface area (Å²) >= 11 is 3.29. The number of thiophene rings is 1. The van der Waals surface area contributed by atoms with Crippen molar-refractivity contribution in [2.24, 2.45) is 0 Å². The van der Waals surface area contributed by atoms with E-state index in [4.69, 9.17) is 0 Å². The zero-order chi connectivity index (χ0) is 13.9. The molecule has 2 aromatic rings. The van der Waals surface area contributed by atoms with Gasteiger partial charge in [0.05, 0.1) is 17.0 Å². The van der Waals surface area contributed by atoms with Crippen LogP contribution in [-0.4, -0.2) is 41.5 Å². The summed E-state index contributed by atoms with van der Waals surface area (Å²) in [5, 5.41) is 8.40. The fraction of sp³-hybridized carbons (Fsp3) is 0.429. The van der Waals surface area contributed by atoms with Gasteiger partial charge in [-0.15, -0.1) is 47.5 Å². The second-order valence-corrected chi connectivity index (χ2v) is 6.80. The van der Waals surface area contributed by atoms with E-state index in [0.717, 1.165) is 30.3 Å². The molecule has 3 heterocycles. The first-order chi connectivity index (χ1) is 9.72. The van der Waals surface area contributed by atoms with E-state index in [9.17, 15) is 4.79 Å². The summed E-state index contributed by atoms with van der Waals surface area (Å²) < 4.78 is 0. The van der Waals surface area contributed by atoms with Crippen molar-refractivity contribution in [2.75, 3.05) is 19.6 Å². The van der Waals surface area contributed by atoms with Gasteiger partial charge in [0.2, 0.25) is 5.91 Å². The van der Waals surface area contributed by atoms with E-state index in [1.807, 2.05) is 21.7 Å². The second-order valence-electron chi connectivity index (χ2n) is 4.99. The minimum Gasteiger partial charge on any atom is -0.340 e. The van der Waals surface area contributed by atoms with Gasteiger partial charge in [-0.1, -0.05) is 6.07 Å². The number of piperazine rings is 1. The number of nitrogens with one attached hydrogen (secondary N) is 1. The molecule has 1 fully saturated rings. The highest BCUT2D eigenvalue weighted by Gasteiger charge is 2.21. The van der Waals surface area contributed by atoms with E-state index in [-0.39, 0.29) is 30.7 Å². The molecule has 0 spiro atoms. The predicted molar refractivity (Wildman–Crippen MR) is 97.7 cm³/mol. The second kappa shape index (κ2) is 8.84. The fourth-order valence-electron chi connectivity index (χ4n) is 2.33. The summed E-state index contributed by atoms with van der Waals surface area (Å²) in [6.07, 6.45) is 0.411. The topological polar surface area (TPSA) is 45.2 Å². The number of hydrogen-bond acceptors (Lipinski definition) is 5. The van der Waals surface area contributed by atoms with Crippen LogP contribution in [0.4, 0.5) is 0 Å². The molecule has 122 valence electrons. The van der Waals surface area contributed by atoms with Gasteiger partial charge < -0.3 is 10.2 Å². The van der Waals surface area contributed by atoms with Gasteiger partial charge in [0.25, 0.3) is 0 Å². The number of carbonyl (C=O) groups excluding carboxylic acids is 1. The number of thiazole rings is 1. The van der Waals surface area contributed by atoms with Crippen molar-refractivity contribution in [3.63, 3.8) is 0 Å². The number of halogens is 2. The highest BCUT2D eigenvalue weighted by atomic mass is 35.5. The first kappa shape index (κ1) is 19.4. The summed E-state index contributed by atoms with van der Waals surface area (Å²) in [6.45, 7) is 4.58. The Labute approximate surface area is 150 Å². The van der Waals surface area contributed by atoms with Gasteiger partial charge in [-0.3, -0.25) is 4.79 Å². The zero-order valence-electron chi connectivity index (χ0n) is 12.2. The van der Waals surface area contributed by atoms with Gasteiger partial charge in [0, 0.05) is 31.1 Å². The molecule has 8 heteroatoms. The maximum atomic E-state index is 12.3. The molecule has 1 saturated heterocycles. The first-order valence-electron chi connectivity index (χ1n) is 6.72. The van der Waals surface area contributed by atoms with E-state index in [1.54, 1.807) is 22.7 Å². The SMILES string of the molecule is CC1CN(C(=O)Cc2csc(-c3cccs3)n2)CCN1.Cl.Cl. The van der Waals surface area contributed by atoms with Crippen LogP contribution in [0.5, 0.6) is 0 Å². The van der Waals surface area contributed by atoms with Crippen LogP contribution < -0.4 is 5.32 Å². The third-order valence-corrected chi connectivity index (χ3v) is 5.27. The Kier molecular flexibility index (Phi) is 7.79. The van der Waals surface area contributed by atoms with Crippen molar-refractivity contribution in [1.29, 1.82) is 0 Å². The molecule has 1 amide bonds. The molecular weight excluding hydrogens is 361 g/mol. The molecule has 3 rings (SSSR count). The van der Waals surface area contributed by atoms with Gasteiger partial charge in [-0.25, -0.2) is 4.98 Å². The number of rotatable bonds is 3. The van der Waals surface area contributed by atoms with Crippen LogP contribution in [0.3, 0.4) is 0 Å². The standard InChI is InChI=1S/C14H17N3OS2.2ClH/c1-10-8-17(5-4-15-10)13(18)7-11-9-20-14(16-11)12-3-2-6-19-12;;/h2-3,6,9-10,15H,4-5,7-8H2,1H3;2*1H. The third-order valence-electron chi connectivity index (χ3n) is 3.34. The fourth-order valence-corrected chi connectivity index (χ4v) is 3.96. The maximum Gasteiger partial charge on any atom is 0.228 e. The van der Waals surface area contributed by atoms with Crippen molar-refractivity contribution >= 4 is 53.4 Å². The highest BCUT2D eigenvalue weighted by Crippen LogP contribution is 2.28. The number of hydrogen-bond donors (Lipinski definition) is 1. The molecular formula is C14H19Cl2N3OS2. The van der Waals surface area contributed by atoms with Gasteiger partial charge >= 0.3 is 0 Å². The van der Waals surface area contributed by atoms with Crippen LogP contribution in [0.1, 0.15) is 12.6 Å². The normalized spacial score (nSPS) is 17.5. The lowest BCUT2D eigenvalue weighted by Gasteiger charge is -2.31. The monoisotopic (exact) mass is 379 g/mol. The Bertz CT molecular complexity index is 589. The first-order valence-corrected chi connectivity index (χ1v) is 8.48. The Hall–Kier alpha value is -0.660. The molecule has 2 aromatic heterocycles. The van der Waals surface area contributed by atoms with Crippen LogP contribution >= 0.6 is 47.5 Å². The Morgan fingerprint density at radius 1 is 1.45 bits per heavy atom. The third kappa shape index (κ3) is 4.67. The molecule has 0 bridgehead atoms.